The number of thiazole rings is 1. The van der Waals surface area contributed by atoms with E-state index in [9.17, 15) is 9.18 Å². The van der Waals surface area contributed by atoms with Crippen molar-refractivity contribution in [2.75, 3.05) is 14.2 Å². The Kier molecular flexibility index (Phi) is 4.73. The van der Waals surface area contributed by atoms with E-state index >= 15 is 0 Å². The molecule has 4 rings (SSSR count). The first-order valence-corrected chi connectivity index (χ1v) is 8.05. The van der Waals surface area contributed by atoms with Crippen LogP contribution in [-0.2, 0) is 0 Å². The predicted molar refractivity (Wildman–Crippen MR) is 93.8 cm³/mol. The van der Waals surface area contributed by atoms with Gasteiger partial charge in [0.2, 0.25) is 4.96 Å². The summed E-state index contributed by atoms with van der Waals surface area (Å²) in [6, 6.07) is 9.86. The molecule has 2 heterocycles. The number of carbonyl (C=O) groups excluding carboxylic acids is 1. The Labute approximate surface area is 146 Å². The van der Waals surface area contributed by atoms with Crippen molar-refractivity contribution >= 4 is 32.8 Å². The predicted octanol–water partition coefficient (Wildman–Crippen LogP) is 3.18. The lowest BCUT2D eigenvalue weighted by molar-refractivity contribution is 0.112. The number of aromatic nitrogens is 3. The highest BCUT2D eigenvalue weighted by atomic mass is 32.1. The smallest absolute Gasteiger partial charge is 0.213 e. The van der Waals surface area contributed by atoms with Crippen LogP contribution in [0.25, 0.3) is 26.6 Å². The van der Waals surface area contributed by atoms with E-state index in [2.05, 4.69) is 10.1 Å². The largest absolute Gasteiger partial charge is 0.496 e. The van der Waals surface area contributed by atoms with Gasteiger partial charge in [-0.25, -0.2) is 8.91 Å². The molecule has 0 bridgehead atoms. The average molecular weight is 359 g/mol. The molecule has 0 spiro atoms. The Balaban J connectivity index is 0.000000880. The molecule has 0 aliphatic heterocycles. The van der Waals surface area contributed by atoms with E-state index in [4.69, 9.17) is 9.84 Å². The van der Waals surface area contributed by atoms with Crippen molar-refractivity contribution in [1.82, 2.24) is 14.6 Å². The van der Waals surface area contributed by atoms with Gasteiger partial charge in [-0.1, -0.05) is 23.5 Å². The molecule has 2 aromatic carbocycles. The summed E-state index contributed by atoms with van der Waals surface area (Å²) >= 11 is 1.38. The maximum Gasteiger partial charge on any atom is 0.213 e. The Morgan fingerprint density at radius 1 is 1.28 bits per heavy atom. The van der Waals surface area contributed by atoms with Crippen molar-refractivity contribution in [3.63, 3.8) is 0 Å². The van der Waals surface area contributed by atoms with Gasteiger partial charge < -0.3 is 9.84 Å². The van der Waals surface area contributed by atoms with Crippen molar-refractivity contribution in [1.29, 1.82) is 0 Å². The minimum absolute atomic E-state index is 0.328. The van der Waals surface area contributed by atoms with Crippen molar-refractivity contribution in [3.8, 4) is 17.1 Å². The van der Waals surface area contributed by atoms with Crippen LogP contribution in [-0.4, -0.2) is 40.2 Å². The molecule has 2 aromatic heterocycles. The zero-order valence-electron chi connectivity index (χ0n) is 13.4. The molecule has 0 aliphatic carbocycles. The van der Waals surface area contributed by atoms with E-state index in [0.717, 1.165) is 23.6 Å². The second kappa shape index (κ2) is 6.96. The summed E-state index contributed by atoms with van der Waals surface area (Å²) in [7, 11) is 2.50. The number of benzene rings is 2. The molecule has 6 nitrogen and oxygen atoms in total. The average Bonchev–Trinajstić information content (AvgIpc) is 3.20. The van der Waals surface area contributed by atoms with Crippen LogP contribution in [0.4, 0.5) is 4.39 Å². The maximum absolute atomic E-state index is 13.9. The third-order valence-corrected chi connectivity index (χ3v) is 4.55. The highest BCUT2D eigenvalue weighted by molar-refractivity contribution is 7.23. The number of carbonyl (C=O) groups is 1. The summed E-state index contributed by atoms with van der Waals surface area (Å²) < 4.78 is 21.6. The topological polar surface area (TPSA) is 76.7 Å². The molecule has 0 amide bonds. The number of hydrogen-bond acceptors (Lipinski definition) is 6. The second-order valence-corrected chi connectivity index (χ2v) is 5.90. The van der Waals surface area contributed by atoms with Crippen LogP contribution in [0.3, 0.4) is 0 Å². The summed E-state index contributed by atoms with van der Waals surface area (Å²) in [5.41, 5.74) is 1.59. The summed E-state index contributed by atoms with van der Waals surface area (Å²) in [6.07, 6.45) is 0.749. The van der Waals surface area contributed by atoms with E-state index in [-0.39, 0.29) is 5.82 Å². The molecule has 0 aliphatic rings. The van der Waals surface area contributed by atoms with Crippen LogP contribution >= 0.6 is 11.3 Å². The van der Waals surface area contributed by atoms with Gasteiger partial charge in [0, 0.05) is 13.2 Å². The maximum atomic E-state index is 13.9. The van der Waals surface area contributed by atoms with Crippen LogP contribution in [0.5, 0.6) is 5.75 Å². The lowest BCUT2D eigenvalue weighted by atomic mass is 10.2. The van der Waals surface area contributed by atoms with E-state index in [1.54, 1.807) is 34.8 Å². The number of halogens is 1. The lowest BCUT2D eigenvalue weighted by Crippen LogP contribution is -1.92. The number of aldehydes is 1. The number of rotatable bonds is 3. The van der Waals surface area contributed by atoms with Crippen molar-refractivity contribution in [2.45, 2.75) is 0 Å². The van der Waals surface area contributed by atoms with E-state index in [1.165, 1.54) is 24.5 Å². The molecule has 0 saturated heterocycles. The van der Waals surface area contributed by atoms with Gasteiger partial charge in [-0.2, -0.15) is 4.98 Å². The number of ether oxygens (including phenoxy) is 1. The summed E-state index contributed by atoms with van der Waals surface area (Å²) in [6.45, 7) is 0. The fourth-order valence-corrected chi connectivity index (χ4v) is 3.45. The highest BCUT2D eigenvalue weighted by Gasteiger charge is 2.16. The molecule has 8 heteroatoms. The van der Waals surface area contributed by atoms with Gasteiger partial charge >= 0.3 is 0 Å². The Morgan fingerprint density at radius 2 is 2.04 bits per heavy atom. The summed E-state index contributed by atoms with van der Waals surface area (Å²) in [4.78, 5) is 16.1. The standard InChI is InChI=1S/C16H10FN3O2S.CH4O/c1-22-13-7-12-14(6-9(13)8-21)23-16-18-15(19-20(12)16)10-4-2-3-5-11(10)17;1-2/h2-8H,1H3;2H,1H3. The fourth-order valence-electron chi connectivity index (χ4n) is 2.46. The first kappa shape index (κ1) is 17.0. The van der Waals surface area contributed by atoms with Crippen LogP contribution in [0, 0.1) is 5.82 Å². The first-order chi connectivity index (χ1) is 12.2. The zero-order chi connectivity index (χ0) is 18.0. The number of aliphatic hydroxyl groups is 1. The van der Waals surface area contributed by atoms with Crippen LogP contribution < -0.4 is 4.74 Å². The SMILES string of the molecule is CO.COc1cc2c(cc1C=O)sc1nc(-c3ccccc3F)nn12. The van der Waals surface area contributed by atoms with Crippen LogP contribution in [0.2, 0.25) is 0 Å². The van der Waals surface area contributed by atoms with E-state index < -0.39 is 0 Å². The van der Waals surface area contributed by atoms with Gasteiger partial charge in [-0.3, -0.25) is 4.79 Å². The monoisotopic (exact) mass is 359 g/mol. The van der Waals surface area contributed by atoms with Gasteiger partial charge in [0.05, 0.1) is 28.5 Å². The summed E-state index contributed by atoms with van der Waals surface area (Å²) in [5, 5.41) is 11.4. The Hall–Kier alpha value is -2.84. The highest BCUT2D eigenvalue weighted by Crippen LogP contribution is 2.32. The third kappa shape index (κ3) is 2.86. The molecule has 0 radical (unpaired) electrons. The molecule has 128 valence electrons. The number of aliphatic hydroxyl groups excluding tert-OH is 1. The molecule has 4 aromatic rings. The van der Waals surface area contributed by atoms with Crippen molar-refractivity contribution in [2.24, 2.45) is 0 Å². The molecule has 0 unspecified atom stereocenters. The second-order valence-electron chi connectivity index (χ2n) is 4.89. The number of methoxy groups -OCH3 is 1. The number of nitrogens with zero attached hydrogens (tertiary/aromatic N) is 3. The number of hydrogen-bond donors (Lipinski definition) is 1. The van der Waals surface area contributed by atoms with Gasteiger partial charge in [0.25, 0.3) is 0 Å². The fraction of sp³-hybridized carbons (Fsp3) is 0.118. The minimum Gasteiger partial charge on any atom is -0.496 e. The Bertz CT molecular complexity index is 1060. The zero-order valence-corrected chi connectivity index (χ0v) is 14.2. The van der Waals surface area contributed by atoms with Gasteiger partial charge in [-0.15, -0.1) is 5.10 Å². The lowest BCUT2D eigenvalue weighted by Gasteiger charge is -2.02. The van der Waals surface area contributed by atoms with Crippen molar-refractivity contribution in [3.05, 3.63) is 47.8 Å². The molecule has 25 heavy (non-hydrogen) atoms. The molecular formula is C17H14FN3O3S. The van der Waals surface area contributed by atoms with Crippen LogP contribution in [0.1, 0.15) is 10.4 Å². The van der Waals surface area contributed by atoms with Gasteiger partial charge in [0.15, 0.2) is 12.1 Å². The quantitative estimate of drug-likeness (QED) is 0.569. The van der Waals surface area contributed by atoms with Crippen LogP contribution in [0.15, 0.2) is 36.4 Å². The van der Waals surface area contributed by atoms with Gasteiger partial charge in [-0.05, 0) is 18.2 Å². The molecular weight excluding hydrogens is 345 g/mol. The molecule has 1 N–H and O–H groups in total. The third-order valence-electron chi connectivity index (χ3n) is 3.56. The van der Waals surface area contributed by atoms with Crippen molar-refractivity contribution < 1.29 is 19.0 Å². The molecule has 0 saturated carbocycles. The Morgan fingerprint density at radius 3 is 2.72 bits per heavy atom. The normalized spacial score (nSPS) is 10.6. The van der Waals surface area contributed by atoms with E-state index in [1.807, 2.05) is 0 Å². The first-order valence-electron chi connectivity index (χ1n) is 7.23. The van der Waals surface area contributed by atoms with E-state index in [0.29, 0.717) is 27.7 Å². The molecule has 0 atom stereocenters. The minimum atomic E-state index is -0.365. The number of fused-ring (bicyclic) bond motifs is 3. The summed E-state index contributed by atoms with van der Waals surface area (Å²) in [5.74, 6) is 0.431. The molecule has 0 fully saturated rings. The van der Waals surface area contributed by atoms with Gasteiger partial charge in [0.1, 0.15) is 11.6 Å².